The van der Waals surface area contributed by atoms with Gasteiger partial charge in [-0.2, -0.15) is 11.3 Å². The maximum absolute atomic E-state index is 6.51. The Bertz CT molecular complexity index is 647. The Hall–Kier alpha value is -1.36. The lowest BCUT2D eigenvalue weighted by Gasteiger charge is -2.46. The summed E-state index contributed by atoms with van der Waals surface area (Å²) < 4.78 is 6.51. The lowest BCUT2D eigenvalue weighted by Crippen LogP contribution is -2.51. The molecule has 0 radical (unpaired) electrons. The zero-order valence-electron chi connectivity index (χ0n) is 13.6. The van der Waals surface area contributed by atoms with Crippen molar-refractivity contribution in [3.05, 3.63) is 52.2 Å². The number of hydrogen-bond donors (Lipinski definition) is 1. The summed E-state index contributed by atoms with van der Waals surface area (Å²) in [5.74, 6) is 1.08. The number of hydrogen-bond acceptors (Lipinski definition) is 4. The fraction of sp³-hybridized carbons (Fsp3) is 0.474. The molecule has 1 N–H and O–H groups in total. The van der Waals surface area contributed by atoms with E-state index in [4.69, 9.17) is 4.74 Å². The lowest BCUT2D eigenvalue weighted by atomic mass is 9.80. The minimum absolute atomic E-state index is 0.00712. The normalized spacial score (nSPS) is 23.4. The van der Waals surface area contributed by atoms with Crippen molar-refractivity contribution in [1.29, 1.82) is 0 Å². The number of thiophene rings is 1. The minimum Gasteiger partial charge on any atom is -0.487 e. The predicted molar refractivity (Wildman–Crippen MR) is 95.0 cm³/mol. The first-order valence-electron chi connectivity index (χ1n) is 8.45. The fourth-order valence-corrected chi connectivity index (χ4v) is 4.44. The molecule has 23 heavy (non-hydrogen) atoms. The second kappa shape index (κ2) is 6.27. The van der Waals surface area contributed by atoms with Crippen molar-refractivity contribution in [3.63, 3.8) is 0 Å². The summed E-state index contributed by atoms with van der Waals surface area (Å²) in [6.07, 6.45) is 3.31. The van der Waals surface area contributed by atoms with Crippen molar-refractivity contribution < 1.29 is 4.74 Å². The summed E-state index contributed by atoms with van der Waals surface area (Å²) in [6.45, 7) is 3.18. The van der Waals surface area contributed by atoms with Gasteiger partial charge in [-0.1, -0.05) is 18.2 Å². The first-order chi connectivity index (χ1) is 11.2. The molecule has 1 atom stereocenters. The molecule has 122 valence electrons. The highest BCUT2D eigenvalue weighted by atomic mass is 32.1. The zero-order valence-corrected chi connectivity index (χ0v) is 14.4. The van der Waals surface area contributed by atoms with E-state index in [0.29, 0.717) is 6.04 Å². The standard InChI is InChI=1S/C19H24N2OS/c1-21-9-7-19(8-10-21)12-17(20-13-15-6-11-23-14-15)16-4-2-3-5-18(16)22-19/h2-6,11,14,17,20H,7-10,12-13H2,1H3. The molecule has 0 amide bonds. The van der Waals surface area contributed by atoms with Crippen LogP contribution >= 0.6 is 11.3 Å². The Morgan fingerprint density at radius 3 is 2.87 bits per heavy atom. The summed E-state index contributed by atoms with van der Waals surface area (Å²) in [4.78, 5) is 2.41. The second-order valence-corrected chi connectivity index (χ2v) is 7.68. The van der Waals surface area contributed by atoms with E-state index in [1.165, 1.54) is 11.1 Å². The number of piperidine rings is 1. The minimum atomic E-state index is 0.00712. The molecular formula is C19H24N2OS. The van der Waals surface area contributed by atoms with Gasteiger partial charge in [0, 0.05) is 37.7 Å². The molecule has 1 aromatic carbocycles. The number of para-hydroxylation sites is 1. The highest BCUT2D eigenvalue weighted by Gasteiger charge is 2.42. The summed E-state index contributed by atoms with van der Waals surface area (Å²) in [5.41, 5.74) is 2.69. The quantitative estimate of drug-likeness (QED) is 0.927. The first kappa shape index (κ1) is 15.2. The molecule has 0 aliphatic carbocycles. The van der Waals surface area contributed by atoms with Crippen molar-refractivity contribution in [1.82, 2.24) is 10.2 Å². The van der Waals surface area contributed by atoms with Crippen molar-refractivity contribution in [3.8, 4) is 5.75 Å². The monoisotopic (exact) mass is 328 g/mol. The number of nitrogens with zero attached hydrogens (tertiary/aromatic N) is 1. The molecule has 4 heteroatoms. The molecule has 2 aromatic rings. The third-order valence-corrected chi connectivity index (χ3v) is 5.96. The molecule has 3 nitrogen and oxygen atoms in total. The van der Waals surface area contributed by atoms with Crippen molar-refractivity contribution >= 4 is 11.3 Å². The Morgan fingerprint density at radius 2 is 2.09 bits per heavy atom. The summed E-state index contributed by atoms with van der Waals surface area (Å²) in [5, 5.41) is 8.15. The third-order valence-electron chi connectivity index (χ3n) is 5.23. The lowest BCUT2D eigenvalue weighted by molar-refractivity contribution is -0.0204. The van der Waals surface area contributed by atoms with Gasteiger partial charge < -0.3 is 15.0 Å². The van der Waals surface area contributed by atoms with E-state index in [1.54, 1.807) is 11.3 Å². The molecule has 3 heterocycles. The zero-order chi connectivity index (χ0) is 15.7. The van der Waals surface area contributed by atoms with Gasteiger partial charge in [-0.05, 0) is 48.3 Å². The first-order valence-corrected chi connectivity index (χ1v) is 9.39. The number of benzene rings is 1. The molecule has 0 bridgehead atoms. The summed E-state index contributed by atoms with van der Waals surface area (Å²) >= 11 is 1.76. The van der Waals surface area contributed by atoms with Gasteiger partial charge in [0.2, 0.25) is 0 Å². The molecule has 1 unspecified atom stereocenters. The second-order valence-electron chi connectivity index (χ2n) is 6.90. The molecule has 0 saturated carbocycles. The predicted octanol–water partition coefficient (Wildman–Crippen LogP) is 3.83. The van der Waals surface area contributed by atoms with E-state index in [0.717, 1.165) is 44.6 Å². The highest BCUT2D eigenvalue weighted by Crippen LogP contribution is 2.44. The van der Waals surface area contributed by atoms with Crippen molar-refractivity contribution in [2.45, 2.75) is 37.5 Å². The van der Waals surface area contributed by atoms with Crippen LogP contribution in [0.2, 0.25) is 0 Å². The summed E-state index contributed by atoms with van der Waals surface area (Å²) in [7, 11) is 2.20. The molecule has 4 rings (SSSR count). The van der Waals surface area contributed by atoms with Crippen LogP contribution in [0, 0.1) is 0 Å². The Balaban J connectivity index is 1.56. The van der Waals surface area contributed by atoms with E-state index < -0.39 is 0 Å². The van der Waals surface area contributed by atoms with Gasteiger partial charge in [0.25, 0.3) is 0 Å². The third kappa shape index (κ3) is 3.16. The average Bonchev–Trinajstić information content (AvgIpc) is 3.09. The SMILES string of the molecule is CN1CCC2(CC1)CC(NCc1ccsc1)c1ccccc1O2. The number of ether oxygens (including phenoxy) is 1. The number of nitrogens with one attached hydrogen (secondary N) is 1. The maximum atomic E-state index is 6.51. The van der Waals surface area contributed by atoms with E-state index in [1.807, 2.05) is 0 Å². The van der Waals surface area contributed by atoms with Crippen LogP contribution in [-0.4, -0.2) is 30.6 Å². The number of likely N-dealkylation sites (tertiary alicyclic amines) is 1. The Morgan fingerprint density at radius 1 is 1.26 bits per heavy atom. The van der Waals surface area contributed by atoms with Gasteiger partial charge in [0.05, 0.1) is 0 Å². The van der Waals surface area contributed by atoms with Crippen LogP contribution in [0.3, 0.4) is 0 Å². The number of rotatable bonds is 3. The van der Waals surface area contributed by atoms with E-state index in [2.05, 4.69) is 58.4 Å². The van der Waals surface area contributed by atoms with Gasteiger partial charge in [-0.3, -0.25) is 0 Å². The molecule has 1 spiro atoms. The van der Waals surface area contributed by atoms with Crippen LogP contribution in [0.1, 0.15) is 36.4 Å². The average molecular weight is 328 g/mol. The smallest absolute Gasteiger partial charge is 0.124 e. The molecule has 1 saturated heterocycles. The highest BCUT2D eigenvalue weighted by molar-refractivity contribution is 7.07. The van der Waals surface area contributed by atoms with Crippen LogP contribution in [0.15, 0.2) is 41.1 Å². The van der Waals surface area contributed by atoms with Gasteiger partial charge >= 0.3 is 0 Å². The topological polar surface area (TPSA) is 24.5 Å². The largest absolute Gasteiger partial charge is 0.487 e. The van der Waals surface area contributed by atoms with Gasteiger partial charge in [-0.25, -0.2) is 0 Å². The van der Waals surface area contributed by atoms with Crippen molar-refractivity contribution in [2.75, 3.05) is 20.1 Å². The number of fused-ring (bicyclic) bond motifs is 1. The van der Waals surface area contributed by atoms with Gasteiger partial charge in [0.1, 0.15) is 11.4 Å². The van der Waals surface area contributed by atoms with Gasteiger partial charge in [-0.15, -0.1) is 0 Å². The van der Waals surface area contributed by atoms with Crippen LogP contribution in [0.4, 0.5) is 0 Å². The van der Waals surface area contributed by atoms with Gasteiger partial charge in [0.15, 0.2) is 0 Å². The van der Waals surface area contributed by atoms with Crippen LogP contribution in [0.5, 0.6) is 5.75 Å². The molecule has 1 fully saturated rings. The molecule has 2 aliphatic heterocycles. The van der Waals surface area contributed by atoms with Crippen LogP contribution in [0.25, 0.3) is 0 Å². The Labute approximate surface area is 142 Å². The van der Waals surface area contributed by atoms with E-state index >= 15 is 0 Å². The fourth-order valence-electron chi connectivity index (χ4n) is 3.77. The Kier molecular flexibility index (Phi) is 4.14. The van der Waals surface area contributed by atoms with E-state index in [9.17, 15) is 0 Å². The van der Waals surface area contributed by atoms with E-state index in [-0.39, 0.29) is 5.60 Å². The van der Waals surface area contributed by atoms with Crippen LogP contribution in [-0.2, 0) is 6.54 Å². The van der Waals surface area contributed by atoms with Crippen molar-refractivity contribution in [2.24, 2.45) is 0 Å². The summed E-state index contributed by atoms with van der Waals surface area (Å²) in [6, 6.07) is 11.1. The van der Waals surface area contributed by atoms with Crippen LogP contribution < -0.4 is 10.1 Å². The molecule has 1 aromatic heterocycles. The molecular weight excluding hydrogens is 304 g/mol. The maximum Gasteiger partial charge on any atom is 0.124 e. The molecule has 2 aliphatic rings.